The molecule has 0 aromatic heterocycles. The lowest BCUT2D eigenvalue weighted by atomic mass is 10.2. The van der Waals surface area contributed by atoms with Crippen LogP contribution in [0.25, 0.3) is 0 Å². The largest absolute Gasteiger partial charge is 0.309 e. The number of carbonyl (C=O) groups is 1. The maximum atomic E-state index is 11.8. The van der Waals surface area contributed by atoms with Crippen LogP contribution >= 0.6 is 23.8 Å². The van der Waals surface area contributed by atoms with E-state index >= 15 is 0 Å². The standard InChI is InChI=1S/C12H13ClN2OS/c1-3-14-11(16)7-15(12(14)17)10-6-9(13)5-4-8(10)2/h4-6H,3,7H2,1-2H3. The van der Waals surface area contributed by atoms with Crippen LogP contribution in [0.2, 0.25) is 5.02 Å². The summed E-state index contributed by atoms with van der Waals surface area (Å²) in [6.07, 6.45) is 0. The molecule has 3 nitrogen and oxygen atoms in total. The van der Waals surface area contributed by atoms with Crippen molar-refractivity contribution in [2.24, 2.45) is 0 Å². The fourth-order valence-corrected chi connectivity index (χ4v) is 2.47. The first kappa shape index (κ1) is 12.3. The molecule has 0 N–H and O–H groups in total. The van der Waals surface area contributed by atoms with Crippen LogP contribution in [0.15, 0.2) is 18.2 Å². The number of hydrogen-bond donors (Lipinski definition) is 0. The molecule has 0 saturated carbocycles. The Hall–Kier alpha value is -1.13. The molecule has 0 unspecified atom stereocenters. The summed E-state index contributed by atoms with van der Waals surface area (Å²) in [4.78, 5) is 15.2. The van der Waals surface area contributed by atoms with Crippen molar-refractivity contribution >= 4 is 40.5 Å². The third kappa shape index (κ3) is 2.15. The molecule has 1 aromatic carbocycles. The predicted molar refractivity (Wildman–Crippen MR) is 73.5 cm³/mol. The van der Waals surface area contributed by atoms with Crippen LogP contribution in [-0.4, -0.2) is 29.0 Å². The van der Waals surface area contributed by atoms with E-state index in [0.717, 1.165) is 11.3 Å². The van der Waals surface area contributed by atoms with E-state index in [4.69, 9.17) is 23.8 Å². The molecule has 0 radical (unpaired) electrons. The highest BCUT2D eigenvalue weighted by Crippen LogP contribution is 2.27. The van der Waals surface area contributed by atoms with Gasteiger partial charge in [0.1, 0.15) is 6.54 Å². The monoisotopic (exact) mass is 268 g/mol. The van der Waals surface area contributed by atoms with E-state index in [1.165, 1.54) is 0 Å². The van der Waals surface area contributed by atoms with E-state index in [2.05, 4.69) is 0 Å². The van der Waals surface area contributed by atoms with Crippen molar-refractivity contribution in [3.8, 4) is 0 Å². The molecule has 1 aliphatic rings. The number of amides is 1. The van der Waals surface area contributed by atoms with Crippen molar-refractivity contribution in [3.05, 3.63) is 28.8 Å². The van der Waals surface area contributed by atoms with Crippen molar-refractivity contribution in [1.29, 1.82) is 0 Å². The lowest BCUT2D eigenvalue weighted by molar-refractivity contribution is -0.124. The van der Waals surface area contributed by atoms with Crippen molar-refractivity contribution in [1.82, 2.24) is 4.90 Å². The van der Waals surface area contributed by atoms with Gasteiger partial charge in [-0.15, -0.1) is 0 Å². The van der Waals surface area contributed by atoms with Crippen LogP contribution in [0.3, 0.4) is 0 Å². The fourth-order valence-electron chi connectivity index (χ4n) is 1.91. The van der Waals surface area contributed by atoms with E-state index in [0.29, 0.717) is 23.2 Å². The smallest absolute Gasteiger partial charge is 0.248 e. The summed E-state index contributed by atoms with van der Waals surface area (Å²) >= 11 is 11.3. The normalized spacial score (nSPS) is 15.9. The Bertz CT molecular complexity index is 489. The molecular weight excluding hydrogens is 256 g/mol. The number of rotatable bonds is 2. The zero-order valence-electron chi connectivity index (χ0n) is 9.74. The molecule has 2 rings (SSSR count). The number of hydrogen-bond acceptors (Lipinski definition) is 2. The molecule has 0 atom stereocenters. The predicted octanol–water partition coefficient (Wildman–Crippen LogP) is 2.60. The zero-order chi connectivity index (χ0) is 12.6. The molecular formula is C12H13ClN2OS. The minimum atomic E-state index is 0.0388. The topological polar surface area (TPSA) is 23.6 Å². The highest BCUT2D eigenvalue weighted by molar-refractivity contribution is 7.80. The zero-order valence-corrected chi connectivity index (χ0v) is 11.3. The highest BCUT2D eigenvalue weighted by Gasteiger charge is 2.32. The average molecular weight is 269 g/mol. The minimum Gasteiger partial charge on any atom is -0.309 e. The average Bonchev–Trinajstić information content (AvgIpc) is 2.57. The summed E-state index contributed by atoms with van der Waals surface area (Å²) in [7, 11) is 0. The summed E-state index contributed by atoms with van der Waals surface area (Å²) < 4.78 is 0. The fraction of sp³-hybridized carbons (Fsp3) is 0.333. The Morgan fingerprint density at radius 3 is 2.76 bits per heavy atom. The van der Waals surface area contributed by atoms with Gasteiger partial charge in [-0.3, -0.25) is 9.69 Å². The van der Waals surface area contributed by atoms with Crippen LogP contribution in [0, 0.1) is 6.92 Å². The van der Waals surface area contributed by atoms with Crippen molar-refractivity contribution in [3.63, 3.8) is 0 Å². The van der Waals surface area contributed by atoms with Crippen LogP contribution in [0.5, 0.6) is 0 Å². The van der Waals surface area contributed by atoms with Gasteiger partial charge in [0.2, 0.25) is 5.91 Å². The molecule has 1 saturated heterocycles. The molecule has 1 heterocycles. The molecule has 5 heteroatoms. The molecule has 90 valence electrons. The van der Waals surface area contributed by atoms with Crippen molar-refractivity contribution in [2.75, 3.05) is 18.0 Å². The molecule has 0 spiro atoms. The number of likely N-dealkylation sites (N-methyl/N-ethyl adjacent to an activating group) is 1. The van der Waals surface area contributed by atoms with E-state index < -0.39 is 0 Å². The van der Waals surface area contributed by atoms with Gasteiger partial charge in [-0.05, 0) is 43.8 Å². The Labute approximate surface area is 111 Å². The summed E-state index contributed by atoms with van der Waals surface area (Å²) in [5.74, 6) is 0.0388. The first-order chi connectivity index (χ1) is 8.04. The number of carbonyl (C=O) groups excluding carboxylic acids is 1. The second kappa shape index (κ2) is 4.63. The Kier molecular flexibility index (Phi) is 3.35. The van der Waals surface area contributed by atoms with Gasteiger partial charge >= 0.3 is 0 Å². The van der Waals surface area contributed by atoms with Crippen molar-refractivity contribution < 1.29 is 4.79 Å². The van der Waals surface area contributed by atoms with Gasteiger partial charge in [0.15, 0.2) is 5.11 Å². The summed E-state index contributed by atoms with van der Waals surface area (Å²) in [6, 6.07) is 5.61. The quantitative estimate of drug-likeness (QED) is 0.771. The number of benzene rings is 1. The van der Waals surface area contributed by atoms with Gasteiger partial charge in [0.05, 0.1) is 0 Å². The number of aryl methyl sites for hydroxylation is 1. The number of nitrogens with zero attached hydrogens (tertiary/aromatic N) is 2. The first-order valence-corrected chi connectivity index (χ1v) is 6.21. The third-order valence-electron chi connectivity index (χ3n) is 2.83. The van der Waals surface area contributed by atoms with Gasteiger partial charge in [-0.2, -0.15) is 0 Å². The van der Waals surface area contributed by atoms with Gasteiger partial charge in [-0.25, -0.2) is 0 Å². The van der Waals surface area contributed by atoms with Gasteiger partial charge < -0.3 is 4.90 Å². The lowest BCUT2D eigenvalue weighted by Gasteiger charge is -2.21. The van der Waals surface area contributed by atoms with Gasteiger partial charge in [0, 0.05) is 17.3 Å². The molecule has 0 bridgehead atoms. The molecule has 0 aliphatic carbocycles. The van der Waals surface area contributed by atoms with E-state index in [1.54, 1.807) is 4.90 Å². The maximum Gasteiger partial charge on any atom is 0.248 e. The number of thiocarbonyl (C=S) groups is 1. The molecule has 1 fully saturated rings. The molecule has 1 amide bonds. The summed E-state index contributed by atoms with van der Waals surface area (Å²) in [5, 5.41) is 1.21. The Balaban J connectivity index is 2.39. The SMILES string of the molecule is CCN1C(=O)CN(c2cc(Cl)ccc2C)C1=S. The van der Waals surface area contributed by atoms with Crippen LogP contribution in [0.4, 0.5) is 5.69 Å². The van der Waals surface area contributed by atoms with E-state index in [9.17, 15) is 4.79 Å². The second-order valence-electron chi connectivity index (χ2n) is 3.94. The highest BCUT2D eigenvalue weighted by atomic mass is 35.5. The van der Waals surface area contributed by atoms with Crippen molar-refractivity contribution in [2.45, 2.75) is 13.8 Å². The van der Waals surface area contributed by atoms with Gasteiger partial charge in [0.25, 0.3) is 0 Å². The number of halogens is 1. The van der Waals surface area contributed by atoms with Crippen LogP contribution in [-0.2, 0) is 4.79 Å². The van der Waals surface area contributed by atoms with Crippen LogP contribution < -0.4 is 4.90 Å². The first-order valence-electron chi connectivity index (χ1n) is 5.42. The third-order valence-corrected chi connectivity index (χ3v) is 3.51. The number of anilines is 1. The molecule has 1 aromatic rings. The van der Waals surface area contributed by atoms with Gasteiger partial charge in [-0.1, -0.05) is 17.7 Å². The maximum absolute atomic E-state index is 11.8. The second-order valence-corrected chi connectivity index (χ2v) is 4.74. The lowest BCUT2D eigenvalue weighted by Crippen LogP contribution is -2.32. The van der Waals surface area contributed by atoms with E-state index in [1.807, 2.05) is 36.9 Å². The van der Waals surface area contributed by atoms with E-state index in [-0.39, 0.29) is 5.91 Å². The summed E-state index contributed by atoms with van der Waals surface area (Å²) in [6.45, 7) is 4.80. The Morgan fingerprint density at radius 2 is 2.18 bits per heavy atom. The molecule has 17 heavy (non-hydrogen) atoms. The molecule has 1 aliphatic heterocycles. The Morgan fingerprint density at radius 1 is 1.47 bits per heavy atom. The summed E-state index contributed by atoms with van der Waals surface area (Å²) in [5.41, 5.74) is 1.97. The van der Waals surface area contributed by atoms with Crippen LogP contribution in [0.1, 0.15) is 12.5 Å². The minimum absolute atomic E-state index is 0.0388.